The Morgan fingerprint density at radius 2 is 1.74 bits per heavy atom. The van der Waals surface area contributed by atoms with E-state index < -0.39 is 0 Å². The van der Waals surface area contributed by atoms with Gasteiger partial charge >= 0.3 is 0 Å². The fourth-order valence-corrected chi connectivity index (χ4v) is 2.48. The lowest BCUT2D eigenvalue weighted by atomic mass is 10.1. The molecule has 23 heavy (non-hydrogen) atoms. The van der Waals surface area contributed by atoms with Crippen molar-refractivity contribution < 1.29 is 0 Å². The zero-order valence-electron chi connectivity index (χ0n) is 12.9. The summed E-state index contributed by atoms with van der Waals surface area (Å²) in [5.74, 6) is 0.542. The molecule has 1 aromatic carbocycles. The SMILES string of the molecule is [CH2]Cc1cn(Cc2ccc(Cn3ccccc3=O)cc2)nc1N. The highest BCUT2D eigenvalue weighted by Crippen LogP contribution is 2.12. The van der Waals surface area contributed by atoms with Crippen molar-refractivity contribution in [1.29, 1.82) is 0 Å². The molecule has 0 fully saturated rings. The smallest absolute Gasteiger partial charge is 0.250 e. The molecule has 0 atom stereocenters. The van der Waals surface area contributed by atoms with Crippen LogP contribution in [0.25, 0.3) is 0 Å². The molecule has 5 nitrogen and oxygen atoms in total. The molecule has 5 heteroatoms. The summed E-state index contributed by atoms with van der Waals surface area (Å²) in [5.41, 5.74) is 9.01. The number of aromatic nitrogens is 3. The first-order chi connectivity index (χ1) is 11.2. The van der Waals surface area contributed by atoms with Crippen molar-refractivity contribution in [1.82, 2.24) is 14.3 Å². The molecule has 0 saturated carbocycles. The zero-order chi connectivity index (χ0) is 16.2. The molecule has 0 aliphatic carbocycles. The van der Waals surface area contributed by atoms with E-state index in [1.165, 1.54) is 0 Å². The Kier molecular flexibility index (Phi) is 4.28. The quantitative estimate of drug-likeness (QED) is 0.785. The maximum Gasteiger partial charge on any atom is 0.250 e. The van der Waals surface area contributed by atoms with Crippen molar-refractivity contribution in [3.63, 3.8) is 0 Å². The first kappa shape index (κ1) is 15.1. The maximum absolute atomic E-state index is 11.7. The van der Waals surface area contributed by atoms with Gasteiger partial charge in [0.2, 0.25) is 0 Å². The monoisotopic (exact) mass is 307 g/mol. The summed E-state index contributed by atoms with van der Waals surface area (Å²) in [6, 6.07) is 13.3. The molecule has 0 aliphatic heterocycles. The molecule has 117 valence electrons. The van der Waals surface area contributed by atoms with Gasteiger partial charge in [0.15, 0.2) is 0 Å². The van der Waals surface area contributed by atoms with Crippen LogP contribution in [0.2, 0.25) is 0 Å². The summed E-state index contributed by atoms with van der Waals surface area (Å²) in [7, 11) is 0. The summed E-state index contributed by atoms with van der Waals surface area (Å²) in [5, 5.41) is 4.29. The van der Waals surface area contributed by atoms with Crippen LogP contribution in [-0.4, -0.2) is 14.3 Å². The van der Waals surface area contributed by atoms with Crippen molar-refractivity contribution in [3.05, 3.63) is 88.8 Å². The first-order valence-corrected chi connectivity index (χ1v) is 7.50. The lowest BCUT2D eigenvalue weighted by Crippen LogP contribution is -2.18. The summed E-state index contributed by atoms with van der Waals surface area (Å²) < 4.78 is 3.51. The Morgan fingerprint density at radius 3 is 2.35 bits per heavy atom. The first-order valence-electron chi connectivity index (χ1n) is 7.50. The average Bonchev–Trinajstić information content (AvgIpc) is 2.91. The van der Waals surface area contributed by atoms with E-state index in [1.54, 1.807) is 22.9 Å². The summed E-state index contributed by atoms with van der Waals surface area (Å²) in [4.78, 5) is 11.7. The van der Waals surface area contributed by atoms with Crippen molar-refractivity contribution in [3.8, 4) is 0 Å². The van der Waals surface area contributed by atoms with E-state index in [1.807, 2.05) is 41.2 Å². The normalized spacial score (nSPS) is 10.8. The predicted octanol–water partition coefficient (Wildman–Crippen LogP) is 2.10. The van der Waals surface area contributed by atoms with Crippen LogP contribution in [0.15, 0.2) is 59.7 Å². The predicted molar refractivity (Wildman–Crippen MR) is 91.0 cm³/mol. The molecule has 3 rings (SSSR count). The average molecular weight is 307 g/mol. The summed E-state index contributed by atoms with van der Waals surface area (Å²) in [6.45, 7) is 5.07. The van der Waals surface area contributed by atoms with Gasteiger partial charge in [-0.2, -0.15) is 5.10 Å². The van der Waals surface area contributed by atoms with Gasteiger partial charge < -0.3 is 10.3 Å². The number of nitrogens with two attached hydrogens (primary N) is 1. The molecule has 0 bridgehead atoms. The third-order valence-electron chi connectivity index (χ3n) is 3.76. The number of nitrogens with zero attached hydrogens (tertiary/aromatic N) is 3. The molecule has 2 heterocycles. The van der Waals surface area contributed by atoms with Gasteiger partial charge in [-0.1, -0.05) is 30.3 Å². The van der Waals surface area contributed by atoms with Gasteiger partial charge in [-0.3, -0.25) is 9.48 Å². The van der Waals surface area contributed by atoms with Crippen LogP contribution in [-0.2, 0) is 19.5 Å². The van der Waals surface area contributed by atoms with Crippen molar-refractivity contribution in [2.24, 2.45) is 0 Å². The number of nitrogen functional groups attached to an aromatic ring is 1. The van der Waals surface area contributed by atoms with E-state index in [4.69, 9.17) is 5.73 Å². The molecule has 0 unspecified atom stereocenters. The molecule has 2 aromatic heterocycles. The van der Waals surface area contributed by atoms with Crippen LogP contribution in [0.5, 0.6) is 0 Å². The minimum absolute atomic E-state index is 0.00398. The Labute approximate surface area is 135 Å². The molecule has 0 saturated heterocycles. The molecule has 1 radical (unpaired) electrons. The zero-order valence-corrected chi connectivity index (χ0v) is 12.9. The lowest BCUT2D eigenvalue weighted by Gasteiger charge is -2.07. The van der Waals surface area contributed by atoms with E-state index in [9.17, 15) is 4.79 Å². The van der Waals surface area contributed by atoms with Crippen molar-refractivity contribution >= 4 is 5.82 Å². The Hall–Kier alpha value is -2.82. The van der Waals surface area contributed by atoms with Crippen molar-refractivity contribution in [2.75, 3.05) is 5.73 Å². The van der Waals surface area contributed by atoms with E-state index in [0.29, 0.717) is 25.3 Å². The topological polar surface area (TPSA) is 65.8 Å². The van der Waals surface area contributed by atoms with Crippen LogP contribution in [0.4, 0.5) is 5.82 Å². The second-order valence-corrected chi connectivity index (χ2v) is 5.47. The standard InChI is InChI=1S/C18H19N4O/c1-2-16-13-22(20-18(16)19)12-15-8-6-14(7-9-15)11-21-10-4-3-5-17(21)23/h3-10,13H,1-2,11-12H2,(H2,19,20). The fourth-order valence-electron chi connectivity index (χ4n) is 2.48. The Balaban J connectivity index is 1.72. The number of anilines is 1. The second-order valence-electron chi connectivity index (χ2n) is 5.47. The van der Waals surface area contributed by atoms with Gasteiger partial charge in [-0.15, -0.1) is 0 Å². The van der Waals surface area contributed by atoms with Crippen LogP contribution in [0, 0.1) is 6.92 Å². The van der Waals surface area contributed by atoms with Crippen LogP contribution in [0.1, 0.15) is 16.7 Å². The third kappa shape index (κ3) is 3.51. The minimum atomic E-state index is 0.00398. The van der Waals surface area contributed by atoms with Crippen molar-refractivity contribution in [2.45, 2.75) is 19.5 Å². The largest absolute Gasteiger partial charge is 0.382 e. The second kappa shape index (κ2) is 6.52. The Bertz CT molecular complexity index is 846. The number of rotatable bonds is 5. The van der Waals surface area contributed by atoms with Gasteiger partial charge in [0.25, 0.3) is 5.56 Å². The van der Waals surface area contributed by atoms with Crippen LogP contribution >= 0.6 is 0 Å². The van der Waals surface area contributed by atoms with Gasteiger partial charge in [0, 0.05) is 24.0 Å². The van der Waals surface area contributed by atoms with Gasteiger partial charge in [-0.25, -0.2) is 0 Å². The van der Waals surface area contributed by atoms with E-state index in [-0.39, 0.29) is 5.56 Å². The third-order valence-corrected chi connectivity index (χ3v) is 3.76. The maximum atomic E-state index is 11.7. The molecule has 2 N–H and O–H groups in total. The Morgan fingerprint density at radius 1 is 1.04 bits per heavy atom. The van der Waals surface area contributed by atoms with Gasteiger partial charge in [0.1, 0.15) is 5.82 Å². The van der Waals surface area contributed by atoms with Crippen LogP contribution < -0.4 is 11.3 Å². The fraction of sp³-hybridized carbons (Fsp3) is 0.167. The van der Waals surface area contributed by atoms with Crippen LogP contribution in [0.3, 0.4) is 0 Å². The van der Waals surface area contributed by atoms with E-state index in [2.05, 4.69) is 12.0 Å². The summed E-state index contributed by atoms with van der Waals surface area (Å²) in [6.07, 6.45) is 4.36. The van der Waals surface area contributed by atoms with Gasteiger partial charge in [-0.05, 0) is 30.5 Å². The highest BCUT2D eigenvalue weighted by Gasteiger charge is 2.04. The molecular formula is C18H19N4O. The summed E-state index contributed by atoms with van der Waals surface area (Å²) >= 11 is 0. The van der Waals surface area contributed by atoms with E-state index >= 15 is 0 Å². The molecule has 0 aliphatic rings. The highest BCUT2D eigenvalue weighted by molar-refractivity contribution is 5.38. The molecule has 0 spiro atoms. The molecule has 3 aromatic rings. The number of hydrogen-bond donors (Lipinski definition) is 1. The van der Waals surface area contributed by atoms with Gasteiger partial charge in [0.05, 0.1) is 13.1 Å². The molecule has 0 amide bonds. The number of pyridine rings is 1. The number of benzene rings is 1. The lowest BCUT2D eigenvalue weighted by molar-refractivity contribution is 0.688. The minimum Gasteiger partial charge on any atom is -0.382 e. The van der Waals surface area contributed by atoms with E-state index in [0.717, 1.165) is 16.7 Å². The number of hydrogen-bond acceptors (Lipinski definition) is 3. The highest BCUT2D eigenvalue weighted by atomic mass is 16.1. The molecular weight excluding hydrogens is 288 g/mol.